The molecule has 0 aliphatic carbocycles. The molecule has 5 heteroatoms. The van der Waals surface area contributed by atoms with E-state index in [1.807, 2.05) is 32.0 Å². The van der Waals surface area contributed by atoms with Gasteiger partial charge in [0, 0.05) is 5.92 Å². The second-order valence-electron chi connectivity index (χ2n) is 5.51. The van der Waals surface area contributed by atoms with Crippen LogP contribution >= 0.6 is 0 Å². The molecule has 0 fully saturated rings. The molecule has 0 spiro atoms. The van der Waals surface area contributed by atoms with Gasteiger partial charge in [0.2, 0.25) is 5.75 Å². The average Bonchev–Trinajstić information content (AvgIpc) is 2.59. The lowest BCUT2D eigenvalue weighted by atomic mass is 9.88. The summed E-state index contributed by atoms with van der Waals surface area (Å²) < 4.78 is 16.1. The maximum absolute atomic E-state index is 11.4. The minimum atomic E-state index is -0.925. The number of ether oxygens (including phenoxy) is 3. The summed E-state index contributed by atoms with van der Waals surface area (Å²) in [5.41, 5.74) is 2.97. The number of carboxylic acids is 1. The van der Waals surface area contributed by atoms with Gasteiger partial charge in [0.05, 0.1) is 26.9 Å². The van der Waals surface area contributed by atoms with Crippen molar-refractivity contribution in [1.29, 1.82) is 0 Å². The molecule has 1 unspecified atom stereocenters. The first-order valence-corrected chi connectivity index (χ1v) is 7.57. The van der Waals surface area contributed by atoms with Gasteiger partial charge >= 0.3 is 5.97 Å². The molecule has 0 heterocycles. The molecular weight excluding hydrogens is 308 g/mol. The van der Waals surface area contributed by atoms with Gasteiger partial charge in [0.25, 0.3) is 0 Å². The van der Waals surface area contributed by atoms with Crippen LogP contribution in [-0.4, -0.2) is 32.4 Å². The summed E-state index contributed by atoms with van der Waals surface area (Å²) in [6.07, 6.45) is 0. The summed E-state index contributed by atoms with van der Waals surface area (Å²) >= 11 is 0. The monoisotopic (exact) mass is 330 g/mol. The minimum Gasteiger partial charge on any atom is -0.493 e. The predicted octanol–water partition coefficient (Wildman–Crippen LogP) is 3.87. The lowest BCUT2D eigenvalue weighted by Crippen LogP contribution is -2.06. The van der Waals surface area contributed by atoms with Gasteiger partial charge in [-0.2, -0.15) is 0 Å². The van der Waals surface area contributed by atoms with Crippen LogP contribution in [0, 0.1) is 6.92 Å². The summed E-state index contributed by atoms with van der Waals surface area (Å²) in [7, 11) is 4.70. The molecule has 2 aromatic carbocycles. The first-order chi connectivity index (χ1) is 11.4. The van der Waals surface area contributed by atoms with Crippen molar-refractivity contribution in [3.8, 4) is 17.2 Å². The maximum Gasteiger partial charge on any atom is 0.335 e. The van der Waals surface area contributed by atoms with Crippen LogP contribution in [0.2, 0.25) is 0 Å². The van der Waals surface area contributed by atoms with E-state index in [1.165, 1.54) is 0 Å². The Bertz CT molecular complexity index is 726. The second-order valence-corrected chi connectivity index (χ2v) is 5.51. The molecule has 2 rings (SSSR count). The summed E-state index contributed by atoms with van der Waals surface area (Å²) in [5.74, 6) is 0.730. The highest BCUT2D eigenvalue weighted by Crippen LogP contribution is 2.41. The van der Waals surface area contributed by atoms with E-state index in [1.54, 1.807) is 33.5 Å². The van der Waals surface area contributed by atoms with Crippen LogP contribution < -0.4 is 14.2 Å². The van der Waals surface area contributed by atoms with Gasteiger partial charge in [-0.25, -0.2) is 4.79 Å². The molecule has 1 N–H and O–H groups in total. The van der Waals surface area contributed by atoms with Gasteiger partial charge < -0.3 is 19.3 Å². The standard InChI is InChI=1S/C19H22O5/c1-11(14-7-6-8-15(12(14)2)19(20)21)13-9-16(22-3)18(24-5)17(10-13)23-4/h6-11H,1-5H3,(H,20,21). The number of methoxy groups -OCH3 is 3. The number of carbonyl (C=O) groups is 1. The Labute approximate surface area is 141 Å². The topological polar surface area (TPSA) is 65.0 Å². The number of hydrogen-bond acceptors (Lipinski definition) is 4. The third kappa shape index (κ3) is 3.15. The van der Waals surface area contributed by atoms with E-state index in [4.69, 9.17) is 14.2 Å². The molecule has 2 aromatic rings. The number of hydrogen-bond donors (Lipinski definition) is 1. The Morgan fingerprint density at radius 1 is 1.04 bits per heavy atom. The Kier molecular flexibility index (Phi) is 5.34. The summed E-state index contributed by atoms with van der Waals surface area (Å²) in [5, 5.41) is 9.32. The van der Waals surface area contributed by atoms with Gasteiger partial charge in [0.1, 0.15) is 0 Å². The second kappa shape index (κ2) is 7.25. The van der Waals surface area contributed by atoms with Crippen molar-refractivity contribution in [1.82, 2.24) is 0 Å². The smallest absolute Gasteiger partial charge is 0.335 e. The Hall–Kier alpha value is -2.69. The zero-order valence-corrected chi connectivity index (χ0v) is 14.5. The van der Waals surface area contributed by atoms with Crippen LogP contribution in [0.15, 0.2) is 30.3 Å². The van der Waals surface area contributed by atoms with Crippen LogP contribution in [0.5, 0.6) is 17.2 Å². The van der Waals surface area contributed by atoms with E-state index < -0.39 is 5.97 Å². The normalized spacial score (nSPS) is 11.7. The van der Waals surface area contributed by atoms with E-state index in [-0.39, 0.29) is 5.92 Å². The van der Waals surface area contributed by atoms with Crippen LogP contribution in [0.4, 0.5) is 0 Å². The zero-order chi connectivity index (χ0) is 17.9. The highest BCUT2D eigenvalue weighted by molar-refractivity contribution is 5.89. The van der Waals surface area contributed by atoms with Gasteiger partial charge in [-0.1, -0.05) is 19.1 Å². The minimum absolute atomic E-state index is 0.0296. The summed E-state index contributed by atoms with van der Waals surface area (Å²) in [6, 6.07) is 9.09. The van der Waals surface area contributed by atoms with Crippen molar-refractivity contribution in [3.63, 3.8) is 0 Å². The van der Waals surface area contributed by atoms with Crippen molar-refractivity contribution < 1.29 is 24.1 Å². The van der Waals surface area contributed by atoms with E-state index in [2.05, 4.69) is 0 Å². The average molecular weight is 330 g/mol. The molecule has 0 aliphatic rings. The van der Waals surface area contributed by atoms with Crippen molar-refractivity contribution in [2.45, 2.75) is 19.8 Å². The quantitative estimate of drug-likeness (QED) is 0.871. The molecule has 0 radical (unpaired) electrons. The van der Waals surface area contributed by atoms with Gasteiger partial charge in [-0.3, -0.25) is 0 Å². The van der Waals surface area contributed by atoms with Gasteiger partial charge in [-0.15, -0.1) is 0 Å². The fourth-order valence-corrected chi connectivity index (χ4v) is 2.89. The first-order valence-electron chi connectivity index (χ1n) is 7.57. The van der Waals surface area contributed by atoms with E-state index in [0.29, 0.717) is 22.8 Å². The Morgan fingerprint density at radius 2 is 1.62 bits per heavy atom. The Balaban J connectivity index is 2.56. The number of benzene rings is 2. The van der Waals surface area contributed by atoms with E-state index in [0.717, 1.165) is 16.7 Å². The Morgan fingerprint density at radius 3 is 2.08 bits per heavy atom. The van der Waals surface area contributed by atoms with Gasteiger partial charge in [-0.05, 0) is 41.8 Å². The molecule has 0 bridgehead atoms. The van der Waals surface area contributed by atoms with E-state index >= 15 is 0 Å². The van der Waals surface area contributed by atoms with Crippen LogP contribution in [-0.2, 0) is 0 Å². The largest absolute Gasteiger partial charge is 0.493 e. The molecule has 128 valence electrons. The third-order valence-electron chi connectivity index (χ3n) is 4.26. The lowest BCUT2D eigenvalue weighted by Gasteiger charge is -2.20. The SMILES string of the molecule is COc1cc(C(C)c2cccc(C(=O)O)c2C)cc(OC)c1OC. The zero-order valence-electron chi connectivity index (χ0n) is 14.5. The highest BCUT2D eigenvalue weighted by atomic mass is 16.5. The predicted molar refractivity (Wildman–Crippen MR) is 91.8 cm³/mol. The van der Waals surface area contributed by atoms with Crippen molar-refractivity contribution >= 4 is 5.97 Å². The highest BCUT2D eigenvalue weighted by Gasteiger charge is 2.20. The number of carboxylic acid groups (broad SMARTS) is 1. The third-order valence-corrected chi connectivity index (χ3v) is 4.26. The van der Waals surface area contributed by atoms with Crippen molar-refractivity contribution in [2.24, 2.45) is 0 Å². The molecule has 0 saturated carbocycles. The number of rotatable bonds is 6. The van der Waals surface area contributed by atoms with Crippen LogP contribution in [0.25, 0.3) is 0 Å². The summed E-state index contributed by atoms with van der Waals surface area (Å²) in [6.45, 7) is 3.85. The lowest BCUT2D eigenvalue weighted by molar-refractivity contribution is 0.0696. The summed E-state index contributed by atoms with van der Waals surface area (Å²) in [4.78, 5) is 11.4. The molecule has 0 amide bonds. The van der Waals surface area contributed by atoms with Crippen molar-refractivity contribution in [2.75, 3.05) is 21.3 Å². The molecule has 0 saturated heterocycles. The molecular formula is C19H22O5. The van der Waals surface area contributed by atoms with Crippen molar-refractivity contribution in [3.05, 3.63) is 52.6 Å². The van der Waals surface area contributed by atoms with E-state index in [9.17, 15) is 9.90 Å². The van der Waals surface area contributed by atoms with Crippen LogP contribution in [0.1, 0.15) is 39.9 Å². The molecule has 5 nitrogen and oxygen atoms in total. The molecule has 1 atom stereocenters. The molecule has 0 aliphatic heterocycles. The first kappa shape index (κ1) is 17.7. The molecule has 24 heavy (non-hydrogen) atoms. The maximum atomic E-state index is 11.4. The molecule has 0 aromatic heterocycles. The number of aromatic carboxylic acids is 1. The fraction of sp³-hybridized carbons (Fsp3) is 0.316. The van der Waals surface area contributed by atoms with Gasteiger partial charge in [0.15, 0.2) is 11.5 Å². The fourth-order valence-electron chi connectivity index (χ4n) is 2.89. The van der Waals surface area contributed by atoms with Crippen LogP contribution in [0.3, 0.4) is 0 Å².